The molecule has 22 heavy (non-hydrogen) atoms. The van der Waals surface area contributed by atoms with Crippen molar-refractivity contribution in [2.24, 2.45) is 11.1 Å². The number of pyridine rings is 1. The van der Waals surface area contributed by atoms with Gasteiger partial charge in [0, 0.05) is 25.1 Å². The third kappa shape index (κ3) is 3.18. The Labute approximate surface area is 130 Å². The smallest absolute Gasteiger partial charge is 0.226 e. The van der Waals surface area contributed by atoms with Gasteiger partial charge in [-0.25, -0.2) is 0 Å². The van der Waals surface area contributed by atoms with Crippen LogP contribution in [0, 0.1) is 5.92 Å². The second-order valence-corrected chi connectivity index (χ2v) is 5.84. The van der Waals surface area contributed by atoms with E-state index in [2.05, 4.69) is 16.7 Å². The van der Waals surface area contributed by atoms with E-state index in [1.54, 1.807) is 12.3 Å². The van der Waals surface area contributed by atoms with Crippen LogP contribution in [0.4, 0.5) is 0 Å². The van der Waals surface area contributed by atoms with Crippen molar-refractivity contribution in [3.8, 4) is 0 Å². The van der Waals surface area contributed by atoms with E-state index in [-0.39, 0.29) is 17.9 Å². The molecule has 1 fully saturated rings. The van der Waals surface area contributed by atoms with E-state index in [4.69, 9.17) is 4.84 Å². The molecule has 1 saturated carbocycles. The molecular formula is C17H21N3O2. The lowest BCUT2D eigenvalue weighted by Crippen LogP contribution is -2.43. The Kier molecular flexibility index (Phi) is 4.51. The van der Waals surface area contributed by atoms with Gasteiger partial charge in [0.05, 0.1) is 12.2 Å². The number of amides is 1. The van der Waals surface area contributed by atoms with Gasteiger partial charge in [-0.3, -0.25) is 9.78 Å². The molecule has 5 heteroatoms. The lowest BCUT2D eigenvalue weighted by Gasteiger charge is -2.32. The molecule has 1 atom stereocenters. The van der Waals surface area contributed by atoms with Crippen molar-refractivity contribution in [2.75, 3.05) is 13.1 Å². The van der Waals surface area contributed by atoms with Crippen molar-refractivity contribution in [3.05, 3.63) is 42.7 Å². The molecule has 0 radical (unpaired) electrons. The number of oxime groups is 1. The highest BCUT2D eigenvalue weighted by molar-refractivity contribution is 5.99. The Morgan fingerprint density at radius 3 is 2.95 bits per heavy atom. The maximum absolute atomic E-state index is 12.4. The van der Waals surface area contributed by atoms with Gasteiger partial charge in [0.25, 0.3) is 0 Å². The summed E-state index contributed by atoms with van der Waals surface area (Å²) in [5.41, 5.74) is 1.69. The van der Waals surface area contributed by atoms with Gasteiger partial charge in [0.2, 0.25) is 5.91 Å². The summed E-state index contributed by atoms with van der Waals surface area (Å²) in [6, 6.07) is 5.73. The molecule has 0 unspecified atom stereocenters. The van der Waals surface area contributed by atoms with Crippen molar-refractivity contribution in [1.29, 1.82) is 0 Å². The molecule has 1 aliphatic heterocycles. The van der Waals surface area contributed by atoms with Crippen LogP contribution in [-0.4, -0.2) is 40.7 Å². The molecule has 1 aliphatic carbocycles. The van der Waals surface area contributed by atoms with E-state index >= 15 is 0 Å². The van der Waals surface area contributed by atoms with Crippen LogP contribution < -0.4 is 0 Å². The SMILES string of the molecule is C=CCN(C[C@@H]1CC(c2ccccn2)=NO1)C(=O)C1CCC1. The number of aromatic nitrogens is 1. The molecule has 0 bridgehead atoms. The van der Waals surface area contributed by atoms with Gasteiger partial charge in [-0.2, -0.15) is 0 Å². The second kappa shape index (κ2) is 6.73. The predicted molar refractivity (Wildman–Crippen MR) is 84.4 cm³/mol. The molecule has 0 spiro atoms. The van der Waals surface area contributed by atoms with Gasteiger partial charge >= 0.3 is 0 Å². The topological polar surface area (TPSA) is 54.8 Å². The quantitative estimate of drug-likeness (QED) is 0.758. The van der Waals surface area contributed by atoms with Crippen molar-refractivity contribution >= 4 is 11.6 Å². The molecule has 1 aromatic rings. The van der Waals surface area contributed by atoms with Crippen LogP contribution in [0.1, 0.15) is 31.4 Å². The zero-order valence-corrected chi connectivity index (χ0v) is 12.6. The van der Waals surface area contributed by atoms with Gasteiger partial charge in [0.15, 0.2) is 6.10 Å². The molecule has 5 nitrogen and oxygen atoms in total. The summed E-state index contributed by atoms with van der Waals surface area (Å²) < 4.78 is 0. The van der Waals surface area contributed by atoms with Crippen molar-refractivity contribution < 1.29 is 9.63 Å². The standard InChI is InChI=1S/C17H21N3O2/c1-2-10-20(17(21)13-6-5-7-13)12-14-11-16(19-22-14)15-8-3-4-9-18-15/h2-4,8-9,13-14H,1,5-7,10-12H2/t14-/m0/s1. The van der Waals surface area contributed by atoms with E-state index in [1.807, 2.05) is 23.1 Å². The number of carbonyl (C=O) groups excluding carboxylic acids is 1. The number of nitrogens with zero attached hydrogens (tertiary/aromatic N) is 3. The number of carbonyl (C=O) groups is 1. The Morgan fingerprint density at radius 1 is 1.45 bits per heavy atom. The Morgan fingerprint density at radius 2 is 2.32 bits per heavy atom. The summed E-state index contributed by atoms with van der Waals surface area (Å²) in [7, 11) is 0. The molecule has 1 aromatic heterocycles. The van der Waals surface area contributed by atoms with Crippen LogP contribution in [0.25, 0.3) is 0 Å². The third-order valence-electron chi connectivity index (χ3n) is 4.23. The molecule has 0 saturated heterocycles. The fourth-order valence-corrected chi connectivity index (χ4v) is 2.78. The average molecular weight is 299 g/mol. The maximum Gasteiger partial charge on any atom is 0.226 e. The largest absolute Gasteiger partial charge is 0.390 e. The highest BCUT2D eigenvalue weighted by Gasteiger charge is 2.32. The Bertz CT molecular complexity index is 567. The van der Waals surface area contributed by atoms with Gasteiger partial charge in [0.1, 0.15) is 5.71 Å². The Hall–Kier alpha value is -2.17. The first kappa shape index (κ1) is 14.8. The van der Waals surface area contributed by atoms with E-state index in [0.29, 0.717) is 19.5 Å². The third-order valence-corrected chi connectivity index (χ3v) is 4.23. The van der Waals surface area contributed by atoms with E-state index in [0.717, 1.165) is 30.7 Å². The van der Waals surface area contributed by atoms with Crippen molar-refractivity contribution in [2.45, 2.75) is 31.8 Å². The molecule has 116 valence electrons. The summed E-state index contributed by atoms with van der Waals surface area (Å²) >= 11 is 0. The maximum atomic E-state index is 12.4. The molecule has 2 aliphatic rings. The van der Waals surface area contributed by atoms with E-state index in [9.17, 15) is 4.79 Å². The highest BCUT2D eigenvalue weighted by atomic mass is 16.6. The fraction of sp³-hybridized carbons (Fsp3) is 0.471. The summed E-state index contributed by atoms with van der Waals surface area (Å²) in [6.07, 6.45) is 7.28. The van der Waals surface area contributed by atoms with Crippen LogP contribution in [0.5, 0.6) is 0 Å². The van der Waals surface area contributed by atoms with Gasteiger partial charge in [-0.1, -0.05) is 23.7 Å². The summed E-state index contributed by atoms with van der Waals surface area (Å²) in [6.45, 7) is 4.87. The zero-order chi connectivity index (χ0) is 15.4. The second-order valence-electron chi connectivity index (χ2n) is 5.84. The molecule has 0 aromatic carbocycles. The molecule has 2 heterocycles. The first-order valence-electron chi connectivity index (χ1n) is 7.81. The van der Waals surface area contributed by atoms with Gasteiger partial charge in [-0.15, -0.1) is 6.58 Å². The van der Waals surface area contributed by atoms with Crippen LogP contribution in [0.2, 0.25) is 0 Å². The Balaban J connectivity index is 1.58. The number of rotatable bonds is 6. The number of hydrogen-bond donors (Lipinski definition) is 0. The minimum absolute atomic E-state index is 0.0963. The van der Waals surface area contributed by atoms with Crippen molar-refractivity contribution in [3.63, 3.8) is 0 Å². The molecule has 1 amide bonds. The summed E-state index contributed by atoms with van der Waals surface area (Å²) in [5.74, 6) is 0.415. The zero-order valence-electron chi connectivity index (χ0n) is 12.6. The molecule has 0 N–H and O–H groups in total. The lowest BCUT2D eigenvalue weighted by atomic mass is 9.84. The van der Waals surface area contributed by atoms with Crippen LogP contribution in [-0.2, 0) is 9.63 Å². The fourth-order valence-electron chi connectivity index (χ4n) is 2.78. The average Bonchev–Trinajstić information content (AvgIpc) is 2.94. The van der Waals surface area contributed by atoms with Gasteiger partial charge < -0.3 is 9.74 Å². The first-order valence-corrected chi connectivity index (χ1v) is 7.81. The van der Waals surface area contributed by atoms with Crippen LogP contribution >= 0.6 is 0 Å². The van der Waals surface area contributed by atoms with E-state index in [1.165, 1.54) is 0 Å². The number of hydrogen-bond acceptors (Lipinski definition) is 4. The summed E-state index contributed by atoms with van der Waals surface area (Å²) in [5, 5.41) is 4.13. The minimum Gasteiger partial charge on any atom is -0.390 e. The monoisotopic (exact) mass is 299 g/mol. The molecule has 3 rings (SSSR count). The normalized spacial score (nSPS) is 20.7. The van der Waals surface area contributed by atoms with E-state index < -0.39 is 0 Å². The highest BCUT2D eigenvalue weighted by Crippen LogP contribution is 2.28. The predicted octanol–water partition coefficient (Wildman–Crippen LogP) is 2.39. The van der Waals surface area contributed by atoms with Gasteiger partial charge in [-0.05, 0) is 25.0 Å². The van der Waals surface area contributed by atoms with Crippen molar-refractivity contribution in [1.82, 2.24) is 9.88 Å². The molecular weight excluding hydrogens is 278 g/mol. The first-order chi connectivity index (χ1) is 10.8. The van der Waals surface area contributed by atoms with Crippen LogP contribution in [0.15, 0.2) is 42.2 Å². The van der Waals surface area contributed by atoms with Crippen LogP contribution in [0.3, 0.4) is 0 Å². The summed E-state index contributed by atoms with van der Waals surface area (Å²) in [4.78, 5) is 24.1. The lowest BCUT2D eigenvalue weighted by molar-refractivity contribution is -0.139. The minimum atomic E-state index is -0.0963.